The first-order valence-corrected chi connectivity index (χ1v) is 7.16. The number of hydrogen-bond acceptors (Lipinski definition) is 6. The fourth-order valence-electron chi connectivity index (χ4n) is 2.02. The van der Waals surface area contributed by atoms with Crippen molar-refractivity contribution in [2.45, 2.75) is 32.0 Å². The van der Waals surface area contributed by atoms with E-state index in [1.807, 2.05) is 30.0 Å². The van der Waals surface area contributed by atoms with Gasteiger partial charge in [-0.15, -0.1) is 0 Å². The van der Waals surface area contributed by atoms with Crippen LogP contribution in [0.5, 0.6) is 0 Å². The number of nitrogens with zero attached hydrogens (tertiary/aromatic N) is 1. The first kappa shape index (κ1) is 17.7. The summed E-state index contributed by atoms with van der Waals surface area (Å²) in [4.78, 5) is 2.00. The summed E-state index contributed by atoms with van der Waals surface area (Å²) in [7, 11) is 0. The molecule has 6 nitrogen and oxygen atoms in total. The van der Waals surface area contributed by atoms with Gasteiger partial charge in [-0.3, -0.25) is 0 Å². The van der Waals surface area contributed by atoms with Gasteiger partial charge in [0.25, 0.3) is 0 Å². The van der Waals surface area contributed by atoms with Crippen LogP contribution < -0.4 is 10.6 Å². The first-order valence-electron chi connectivity index (χ1n) is 7.16. The molecule has 6 heteroatoms. The highest BCUT2D eigenvalue weighted by Crippen LogP contribution is 2.21. The molecule has 1 aromatic carbocycles. The molecule has 0 bridgehead atoms. The summed E-state index contributed by atoms with van der Waals surface area (Å²) >= 11 is 0. The van der Waals surface area contributed by atoms with Crippen LogP contribution in [0.1, 0.15) is 18.4 Å². The van der Waals surface area contributed by atoms with Gasteiger partial charge in [-0.2, -0.15) is 0 Å². The van der Waals surface area contributed by atoms with E-state index in [2.05, 4.69) is 0 Å². The molecular weight excluding hydrogens is 272 g/mol. The van der Waals surface area contributed by atoms with E-state index in [9.17, 15) is 10.2 Å². The Kier molecular flexibility index (Phi) is 7.45. The van der Waals surface area contributed by atoms with Crippen molar-refractivity contribution in [1.29, 1.82) is 0 Å². The van der Waals surface area contributed by atoms with Crippen LogP contribution in [0.3, 0.4) is 0 Å². The number of benzene rings is 1. The third-order valence-corrected chi connectivity index (χ3v) is 3.50. The van der Waals surface area contributed by atoms with Crippen LogP contribution in [0.2, 0.25) is 0 Å². The van der Waals surface area contributed by atoms with Crippen molar-refractivity contribution < 1.29 is 20.4 Å². The molecule has 0 aliphatic heterocycles. The topological polar surface area (TPSA) is 110 Å². The van der Waals surface area contributed by atoms with E-state index in [1.54, 1.807) is 0 Å². The average Bonchev–Trinajstić information content (AvgIpc) is 2.49. The number of anilines is 2. The highest BCUT2D eigenvalue weighted by Gasteiger charge is 2.12. The van der Waals surface area contributed by atoms with Crippen LogP contribution in [0, 0.1) is 6.92 Å². The summed E-state index contributed by atoms with van der Waals surface area (Å²) in [5.74, 6) is 0. The van der Waals surface area contributed by atoms with Gasteiger partial charge in [-0.25, -0.2) is 0 Å². The second-order valence-electron chi connectivity index (χ2n) is 5.28. The third-order valence-electron chi connectivity index (χ3n) is 3.50. The predicted molar refractivity (Wildman–Crippen MR) is 83.2 cm³/mol. The van der Waals surface area contributed by atoms with Gasteiger partial charge in [0.2, 0.25) is 0 Å². The molecule has 0 saturated carbocycles. The van der Waals surface area contributed by atoms with Crippen molar-refractivity contribution in [3.8, 4) is 0 Å². The summed E-state index contributed by atoms with van der Waals surface area (Å²) in [6.45, 7) is 2.47. The molecule has 120 valence electrons. The summed E-state index contributed by atoms with van der Waals surface area (Å²) in [5, 5.41) is 36.8. The number of aliphatic hydroxyl groups excluding tert-OH is 4. The predicted octanol–water partition coefficient (Wildman–Crippen LogP) is -0.130. The third kappa shape index (κ3) is 5.89. The Morgan fingerprint density at radius 1 is 1.05 bits per heavy atom. The summed E-state index contributed by atoms with van der Waals surface area (Å²) in [6, 6.07) is 5.66. The lowest BCUT2D eigenvalue weighted by atomic mass is 10.1. The largest absolute Gasteiger partial charge is 0.399 e. The zero-order valence-corrected chi connectivity index (χ0v) is 12.4. The van der Waals surface area contributed by atoms with Gasteiger partial charge in [0, 0.05) is 24.5 Å². The maximum absolute atomic E-state index is 9.49. The van der Waals surface area contributed by atoms with Crippen LogP contribution >= 0.6 is 0 Å². The number of hydrogen-bond donors (Lipinski definition) is 5. The lowest BCUT2D eigenvalue weighted by molar-refractivity contribution is 0.0854. The Morgan fingerprint density at radius 2 is 1.57 bits per heavy atom. The zero-order chi connectivity index (χ0) is 15.8. The molecule has 2 unspecified atom stereocenters. The number of aryl methyl sites for hydroxylation is 1. The first-order chi connectivity index (χ1) is 9.97. The van der Waals surface area contributed by atoms with E-state index in [-0.39, 0.29) is 13.2 Å². The van der Waals surface area contributed by atoms with Crippen molar-refractivity contribution in [1.82, 2.24) is 0 Å². The van der Waals surface area contributed by atoms with Crippen LogP contribution in [0.15, 0.2) is 18.2 Å². The molecule has 0 spiro atoms. The molecule has 2 atom stereocenters. The maximum Gasteiger partial charge on any atom is 0.0787 e. The van der Waals surface area contributed by atoms with Crippen molar-refractivity contribution in [3.05, 3.63) is 23.8 Å². The molecule has 1 rings (SSSR count). The highest BCUT2D eigenvalue weighted by atomic mass is 16.3. The SMILES string of the molecule is Cc1cc(N(CCC(O)CO)CCC(O)CO)ccc1N. The lowest BCUT2D eigenvalue weighted by Gasteiger charge is -2.27. The van der Waals surface area contributed by atoms with Gasteiger partial charge < -0.3 is 31.1 Å². The Labute approximate surface area is 125 Å². The van der Waals surface area contributed by atoms with Crippen molar-refractivity contribution >= 4 is 11.4 Å². The van der Waals surface area contributed by atoms with Crippen molar-refractivity contribution in [2.24, 2.45) is 0 Å². The molecule has 0 saturated heterocycles. The van der Waals surface area contributed by atoms with Gasteiger partial charge in [0.15, 0.2) is 0 Å². The van der Waals surface area contributed by atoms with Crippen LogP contribution in [-0.4, -0.2) is 58.9 Å². The van der Waals surface area contributed by atoms with Crippen LogP contribution in [-0.2, 0) is 0 Å². The molecule has 21 heavy (non-hydrogen) atoms. The van der Waals surface area contributed by atoms with E-state index in [4.69, 9.17) is 15.9 Å². The summed E-state index contributed by atoms with van der Waals surface area (Å²) in [6.07, 6.45) is -0.667. The molecule has 0 amide bonds. The standard InChI is InChI=1S/C15H26N2O4/c1-11-8-12(2-3-15(11)16)17(6-4-13(20)9-18)7-5-14(21)10-19/h2-3,8,13-14,18-21H,4-7,9-10,16H2,1H3. The zero-order valence-electron chi connectivity index (χ0n) is 12.4. The van der Waals surface area contributed by atoms with Gasteiger partial charge >= 0.3 is 0 Å². The lowest BCUT2D eigenvalue weighted by Crippen LogP contribution is -2.32. The molecule has 0 aliphatic carbocycles. The quantitative estimate of drug-likeness (QED) is 0.406. The Morgan fingerprint density at radius 3 is 2.00 bits per heavy atom. The number of nitrogens with two attached hydrogens (primary N) is 1. The van der Waals surface area contributed by atoms with Crippen LogP contribution in [0.25, 0.3) is 0 Å². The monoisotopic (exact) mass is 298 g/mol. The van der Waals surface area contributed by atoms with Crippen LogP contribution in [0.4, 0.5) is 11.4 Å². The van der Waals surface area contributed by atoms with Gasteiger partial charge in [0.1, 0.15) is 0 Å². The van der Waals surface area contributed by atoms with Crippen molar-refractivity contribution in [2.75, 3.05) is 36.9 Å². The molecule has 0 aliphatic rings. The minimum atomic E-state index is -0.759. The molecule has 6 N–H and O–H groups in total. The Balaban J connectivity index is 2.76. The van der Waals surface area contributed by atoms with E-state index in [0.29, 0.717) is 31.6 Å². The van der Waals surface area contributed by atoms with Gasteiger partial charge in [0.05, 0.1) is 25.4 Å². The van der Waals surface area contributed by atoms with E-state index < -0.39 is 12.2 Å². The second kappa shape index (κ2) is 8.84. The normalized spacial score (nSPS) is 14.0. The van der Waals surface area contributed by atoms with E-state index >= 15 is 0 Å². The van der Waals surface area contributed by atoms with Gasteiger partial charge in [-0.1, -0.05) is 0 Å². The minimum Gasteiger partial charge on any atom is -0.399 e. The minimum absolute atomic E-state index is 0.270. The summed E-state index contributed by atoms with van der Waals surface area (Å²) < 4.78 is 0. The summed E-state index contributed by atoms with van der Waals surface area (Å²) in [5.41, 5.74) is 8.43. The molecule has 0 aromatic heterocycles. The second-order valence-corrected chi connectivity index (χ2v) is 5.28. The fourth-order valence-corrected chi connectivity index (χ4v) is 2.02. The molecule has 0 radical (unpaired) electrons. The van der Waals surface area contributed by atoms with E-state index in [1.165, 1.54) is 0 Å². The number of nitrogen functional groups attached to an aromatic ring is 1. The molecular formula is C15H26N2O4. The average molecular weight is 298 g/mol. The smallest absolute Gasteiger partial charge is 0.0787 e. The van der Waals surface area contributed by atoms with E-state index in [0.717, 1.165) is 11.3 Å². The van der Waals surface area contributed by atoms with Crippen molar-refractivity contribution in [3.63, 3.8) is 0 Å². The Bertz CT molecular complexity index is 414. The highest BCUT2D eigenvalue weighted by molar-refractivity contribution is 5.58. The van der Waals surface area contributed by atoms with Gasteiger partial charge in [-0.05, 0) is 43.5 Å². The maximum atomic E-state index is 9.49. The molecule has 0 fully saturated rings. The molecule has 1 aromatic rings. The fraction of sp³-hybridized carbons (Fsp3) is 0.600. The Hall–Kier alpha value is -1.34. The number of aliphatic hydroxyl groups is 4. The number of rotatable bonds is 9. The molecule has 0 heterocycles.